The molecule has 1 heterocycles. The molecule has 5 nitrogen and oxygen atoms in total. The quantitative estimate of drug-likeness (QED) is 0.833. The van der Waals surface area contributed by atoms with Crippen LogP contribution in [0, 0.1) is 0 Å². The molecule has 2 aromatic rings. The first-order valence-corrected chi connectivity index (χ1v) is 6.32. The van der Waals surface area contributed by atoms with Crippen molar-refractivity contribution in [3.8, 4) is 0 Å². The molecule has 0 aliphatic carbocycles. The summed E-state index contributed by atoms with van der Waals surface area (Å²) in [4.78, 5) is 18.1. The van der Waals surface area contributed by atoms with Gasteiger partial charge in [-0.1, -0.05) is 12.1 Å². The zero-order valence-electron chi connectivity index (χ0n) is 11.6. The highest BCUT2D eigenvalue weighted by Crippen LogP contribution is 2.12. The van der Waals surface area contributed by atoms with Crippen LogP contribution in [0.25, 0.3) is 0 Å². The van der Waals surface area contributed by atoms with Crippen molar-refractivity contribution in [1.82, 2.24) is 4.98 Å². The maximum atomic E-state index is 11.9. The summed E-state index contributed by atoms with van der Waals surface area (Å²) in [6, 6.07) is 11.0. The fourth-order valence-corrected chi connectivity index (χ4v) is 1.75. The molecule has 0 radical (unpaired) electrons. The van der Waals surface area contributed by atoms with Gasteiger partial charge in [0.2, 0.25) is 5.91 Å². The molecular formula is C15H18N4O. The van der Waals surface area contributed by atoms with Gasteiger partial charge in [0.25, 0.3) is 0 Å². The number of pyridine rings is 1. The summed E-state index contributed by atoms with van der Waals surface area (Å²) in [5.74, 6) is 0.774. The SMILES string of the molecule is CN(C)c1ccc(NC(=O)Cc2ccc(N)cc2)cn1. The monoisotopic (exact) mass is 270 g/mol. The van der Waals surface area contributed by atoms with Gasteiger partial charge in [-0.15, -0.1) is 0 Å². The molecule has 0 unspecified atom stereocenters. The number of hydrogen-bond acceptors (Lipinski definition) is 4. The lowest BCUT2D eigenvalue weighted by atomic mass is 10.1. The van der Waals surface area contributed by atoms with Crippen LogP contribution in [0.1, 0.15) is 5.56 Å². The number of nitrogens with two attached hydrogens (primary N) is 1. The minimum absolute atomic E-state index is 0.0748. The smallest absolute Gasteiger partial charge is 0.228 e. The molecule has 1 aromatic heterocycles. The van der Waals surface area contributed by atoms with Gasteiger partial charge in [-0.05, 0) is 29.8 Å². The van der Waals surface area contributed by atoms with Crippen molar-refractivity contribution in [2.45, 2.75) is 6.42 Å². The van der Waals surface area contributed by atoms with Crippen LogP contribution in [-0.2, 0) is 11.2 Å². The molecule has 0 saturated heterocycles. The lowest BCUT2D eigenvalue weighted by molar-refractivity contribution is -0.115. The largest absolute Gasteiger partial charge is 0.399 e. The number of rotatable bonds is 4. The van der Waals surface area contributed by atoms with Gasteiger partial charge >= 0.3 is 0 Å². The molecule has 1 amide bonds. The fraction of sp³-hybridized carbons (Fsp3) is 0.200. The van der Waals surface area contributed by atoms with Gasteiger partial charge in [0.05, 0.1) is 18.3 Å². The van der Waals surface area contributed by atoms with Gasteiger partial charge in [-0.2, -0.15) is 0 Å². The van der Waals surface area contributed by atoms with Crippen LogP contribution in [0.5, 0.6) is 0 Å². The maximum Gasteiger partial charge on any atom is 0.228 e. The number of carbonyl (C=O) groups is 1. The molecule has 20 heavy (non-hydrogen) atoms. The van der Waals surface area contributed by atoms with Crippen molar-refractivity contribution in [3.05, 3.63) is 48.2 Å². The highest BCUT2D eigenvalue weighted by molar-refractivity contribution is 5.92. The summed E-state index contributed by atoms with van der Waals surface area (Å²) in [6.45, 7) is 0. The number of hydrogen-bond donors (Lipinski definition) is 2. The fourth-order valence-electron chi connectivity index (χ4n) is 1.75. The van der Waals surface area contributed by atoms with Crippen molar-refractivity contribution >= 4 is 23.1 Å². The van der Waals surface area contributed by atoms with Crippen molar-refractivity contribution in [2.24, 2.45) is 0 Å². The normalized spacial score (nSPS) is 10.1. The number of benzene rings is 1. The lowest BCUT2D eigenvalue weighted by Gasteiger charge is -2.11. The Balaban J connectivity index is 1.95. The lowest BCUT2D eigenvalue weighted by Crippen LogP contribution is -2.15. The van der Waals surface area contributed by atoms with E-state index in [0.29, 0.717) is 17.8 Å². The Hall–Kier alpha value is -2.56. The second kappa shape index (κ2) is 6.06. The third kappa shape index (κ3) is 3.71. The number of nitrogens with one attached hydrogen (secondary N) is 1. The predicted molar refractivity (Wildman–Crippen MR) is 81.8 cm³/mol. The molecule has 0 saturated carbocycles. The van der Waals surface area contributed by atoms with E-state index in [9.17, 15) is 4.79 Å². The Morgan fingerprint density at radius 1 is 1.20 bits per heavy atom. The molecule has 0 aliphatic rings. The van der Waals surface area contributed by atoms with E-state index in [-0.39, 0.29) is 5.91 Å². The molecule has 104 valence electrons. The third-order valence-electron chi connectivity index (χ3n) is 2.83. The summed E-state index contributed by atoms with van der Waals surface area (Å²) in [7, 11) is 3.84. The Morgan fingerprint density at radius 3 is 2.45 bits per heavy atom. The Labute approximate surface area is 118 Å². The molecule has 0 atom stereocenters. The minimum atomic E-state index is -0.0748. The van der Waals surface area contributed by atoms with Crippen molar-refractivity contribution in [3.63, 3.8) is 0 Å². The molecule has 0 fully saturated rings. The topological polar surface area (TPSA) is 71.2 Å². The zero-order valence-corrected chi connectivity index (χ0v) is 11.6. The first-order valence-electron chi connectivity index (χ1n) is 6.32. The maximum absolute atomic E-state index is 11.9. The van der Waals surface area contributed by atoms with E-state index in [1.807, 2.05) is 43.3 Å². The van der Waals surface area contributed by atoms with Crippen molar-refractivity contribution < 1.29 is 4.79 Å². The summed E-state index contributed by atoms with van der Waals surface area (Å²) in [5, 5.41) is 2.82. The van der Waals surface area contributed by atoms with Crippen LogP contribution in [0.2, 0.25) is 0 Å². The van der Waals surface area contributed by atoms with E-state index >= 15 is 0 Å². The second-order valence-electron chi connectivity index (χ2n) is 4.77. The van der Waals surface area contributed by atoms with Crippen molar-refractivity contribution in [2.75, 3.05) is 30.0 Å². The highest BCUT2D eigenvalue weighted by Gasteiger charge is 2.05. The van der Waals surface area contributed by atoms with E-state index in [4.69, 9.17) is 5.73 Å². The summed E-state index contributed by atoms with van der Waals surface area (Å²) < 4.78 is 0. The second-order valence-corrected chi connectivity index (χ2v) is 4.77. The van der Waals surface area contributed by atoms with Gasteiger partial charge in [-0.3, -0.25) is 4.79 Å². The number of nitrogens with zero attached hydrogens (tertiary/aromatic N) is 2. The van der Waals surface area contributed by atoms with Crippen LogP contribution < -0.4 is 16.0 Å². The van der Waals surface area contributed by atoms with Crippen LogP contribution in [0.15, 0.2) is 42.6 Å². The third-order valence-corrected chi connectivity index (χ3v) is 2.83. The van der Waals surface area contributed by atoms with E-state index in [1.54, 1.807) is 18.3 Å². The Bertz CT molecular complexity index is 576. The number of nitrogen functional groups attached to an aromatic ring is 1. The number of aromatic nitrogens is 1. The van der Waals surface area contributed by atoms with Crippen LogP contribution in [0.3, 0.4) is 0 Å². The average Bonchev–Trinajstić information content (AvgIpc) is 2.42. The predicted octanol–water partition coefficient (Wildman–Crippen LogP) is 1.91. The molecular weight excluding hydrogens is 252 g/mol. The first kappa shape index (κ1) is 13.9. The Kier molecular flexibility index (Phi) is 4.20. The van der Waals surface area contributed by atoms with Crippen LogP contribution in [0.4, 0.5) is 17.2 Å². The Morgan fingerprint density at radius 2 is 1.90 bits per heavy atom. The molecule has 5 heteroatoms. The molecule has 1 aromatic carbocycles. The number of carbonyl (C=O) groups excluding carboxylic acids is 1. The zero-order chi connectivity index (χ0) is 14.5. The van der Waals surface area contributed by atoms with Gasteiger partial charge in [0.15, 0.2) is 0 Å². The van der Waals surface area contributed by atoms with Gasteiger partial charge in [0.1, 0.15) is 5.82 Å². The number of anilines is 3. The average molecular weight is 270 g/mol. The molecule has 0 aliphatic heterocycles. The number of amides is 1. The highest BCUT2D eigenvalue weighted by atomic mass is 16.1. The summed E-state index contributed by atoms with van der Waals surface area (Å²) >= 11 is 0. The van der Waals surface area contributed by atoms with Crippen LogP contribution in [-0.4, -0.2) is 25.0 Å². The van der Waals surface area contributed by atoms with E-state index in [1.165, 1.54) is 0 Å². The molecule has 0 spiro atoms. The summed E-state index contributed by atoms with van der Waals surface area (Å²) in [6.07, 6.45) is 1.96. The van der Waals surface area contributed by atoms with E-state index < -0.39 is 0 Å². The van der Waals surface area contributed by atoms with Gasteiger partial charge in [0, 0.05) is 19.8 Å². The van der Waals surface area contributed by atoms with Gasteiger partial charge < -0.3 is 16.0 Å². The first-order chi connectivity index (χ1) is 9.54. The van der Waals surface area contributed by atoms with Crippen molar-refractivity contribution in [1.29, 1.82) is 0 Å². The van der Waals surface area contributed by atoms with Gasteiger partial charge in [-0.25, -0.2) is 4.98 Å². The minimum Gasteiger partial charge on any atom is -0.399 e. The standard InChI is InChI=1S/C15H18N4O/c1-19(2)14-8-7-13(10-17-14)18-15(20)9-11-3-5-12(16)6-4-11/h3-8,10H,9,16H2,1-2H3,(H,18,20). The van der Waals surface area contributed by atoms with E-state index in [0.717, 1.165) is 11.4 Å². The summed E-state index contributed by atoms with van der Waals surface area (Å²) in [5.41, 5.74) is 7.92. The molecule has 0 bridgehead atoms. The van der Waals surface area contributed by atoms with E-state index in [2.05, 4.69) is 10.3 Å². The molecule has 3 N–H and O–H groups in total. The molecule has 2 rings (SSSR count). The van der Waals surface area contributed by atoms with Crippen LogP contribution >= 0.6 is 0 Å².